The van der Waals surface area contributed by atoms with E-state index < -0.39 is 6.04 Å². The first kappa shape index (κ1) is 18.0. The van der Waals surface area contributed by atoms with Gasteiger partial charge >= 0.3 is 0 Å². The molecule has 1 heterocycles. The molecule has 1 atom stereocenters. The van der Waals surface area contributed by atoms with Crippen LogP contribution in [0.3, 0.4) is 0 Å². The largest absolute Gasteiger partial charge is 0.330 e. The van der Waals surface area contributed by atoms with Crippen LogP contribution in [0.4, 0.5) is 5.69 Å². The molecular weight excluding hydrogens is 340 g/mol. The van der Waals surface area contributed by atoms with Crippen LogP contribution >= 0.6 is 0 Å². The number of nitrogens with zero attached hydrogens (tertiary/aromatic N) is 2. The van der Waals surface area contributed by atoms with Gasteiger partial charge in [-0.3, -0.25) is 14.4 Å². The summed E-state index contributed by atoms with van der Waals surface area (Å²) in [6.45, 7) is 0.535. The van der Waals surface area contributed by atoms with Crippen LogP contribution in [0.5, 0.6) is 0 Å². The average molecular weight is 366 g/mol. The van der Waals surface area contributed by atoms with Gasteiger partial charge in [0.25, 0.3) is 5.91 Å². The van der Waals surface area contributed by atoms with Gasteiger partial charge in [-0.2, -0.15) is 0 Å². The van der Waals surface area contributed by atoms with Gasteiger partial charge in [-0.1, -0.05) is 29.8 Å². The summed E-state index contributed by atoms with van der Waals surface area (Å²) in [5.74, 6) is -0.397. The first-order valence-corrected chi connectivity index (χ1v) is 10.1. The molecule has 2 aliphatic carbocycles. The lowest BCUT2D eigenvalue weighted by Gasteiger charge is -2.28. The van der Waals surface area contributed by atoms with Gasteiger partial charge in [-0.15, -0.1) is 0 Å². The summed E-state index contributed by atoms with van der Waals surface area (Å²) in [5.41, 5.74) is 1.97. The highest BCUT2D eigenvalue weighted by molar-refractivity contribution is 6.23. The van der Waals surface area contributed by atoms with E-state index in [0.717, 1.165) is 32.1 Å². The molecule has 5 heteroatoms. The molecule has 0 spiro atoms. The van der Waals surface area contributed by atoms with E-state index in [9.17, 15) is 14.4 Å². The molecule has 3 aliphatic rings. The minimum Gasteiger partial charge on any atom is -0.330 e. The number of hydrogen-bond donors (Lipinski definition) is 0. The van der Waals surface area contributed by atoms with E-state index in [2.05, 4.69) is 6.08 Å². The summed E-state index contributed by atoms with van der Waals surface area (Å²) in [4.78, 5) is 41.5. The first-order valence-electron chi connectivity index (χ1n) is 10.1. The van der Waals surface area contributed by atoms with Gasteiger partial charge in [0.1, 0.15) is 6.04 Å². The minimum atomic E-state index is -0.657. The second kappa shape index (κ2) is 7.67. The van der Waals surface area contributed by atoms with Gasteiger partial charge in [-0.25, -0.2) is 4.90 Å². The topological polar surface area (TPSA) is 57.7 Å². The standard InChI is InChI=1S/C22H26N2O3/c25-20-15-19(22(27)24(20)18-9-5-2-6-10-18)23(21(26)17-11-12-17)14-13-16-7-3-1-4-8-16/h2,5-7,9-10,17,19H,1,3-4,8,11-15H2. The van der Waals surface area contributed by atoms with Crippen LogP contribution in [0.1, 0.15) is 51.4 Å². The maximum atomic E-state index is 13.1. The number of rotatable bonds is 6. The molecule has 142 valence electrons. The molecule has 1 saturated heterocycles. The Hall–Kier alpha value is -2.43. The third-order valence-electron chi connectivity index (χ3n) is 5.78. The fourth-order valence-electron chi connectivity index (χ4n) is 4.09. The van der Waals surface area contributed by atoms with Crippen molar-refractivity contribution < 1.29 is 14.4 Å². The highest BCUT2D eigenvalue weighted by atomic mass is 16.2. The number of carbonyl (C=O) groups excluding carboxylic acids is 3. The van der Waals surface area contributed by atoms with Crippen LogP contribution in [-0.4, -0.2) is 35.2 Å². The van der Waals surface area contributed by atoms with Crippen molar-refractivity contribution in [2.45, 2.75) is 57.4 Å². The van der Waals surface area contributed by atoms with Crippen molar-refractivity contribution in [2.24, 2.45) is 5.92 Å². The second-order valence-corrected chi connectivity index (χ2v) is 7.79. The number of imide groups is 1. The number of hydrogen-bond acceptors (Lipinski definition) is 3. The predicted molar refractivity (Wildman–Crippen MR) is 103 cm³/mol. The van der Waals surface area contributed by atoms with Crippen molar-refractivity contribution in [2.75, 3.05) is 11.4 Å². The Morgan fingerprint density at radius 1 is 1.11 bits per heavy atom. The van der Waals surface area contributed by atoms with Crippen LogP contribution in [-0.2, 0) is 14.4 Å². The molecule has 5 nitrogen and oxygen atoms in total. The summed E-state index contributed by atoms with van der Waals surface area (Å²) in [6.07, 6.45) is 9.59. The molecule has 1 aromatic rings. The van der Waals surface area contributed by atoms with Crippen LogP contribution in [0, 0.1) is 5.92 Å². The zero-order valence-corrected chi connectivity index (χ0v) is 15.6. The Labute approximate surface area is 160 Å². The number of carbonyl (C=O) groups is 3. The Morgan fingerprint density at radius 3 is 2.56 bits per heavy atom. The molecule has 0 aromatic heterocycles. The van der Waals surface area contributed by atoms with Crippen molar-refractivity contribution in [1.82, 2.24) is 4.90 Å². The third kappa shape index (κ3) is 3.82. The van der Waals surface area contributed by atoms with Gasteiger partial charge in [0.05, 0.1) is 12.1 Å². The van der Waals surface area contributed by atoms with Crippen LogP contribution in [0.2, 0.25) is 0 Å². The van der Waals surface area contributed by atoms with E-state index in [1.54, 1.807) is 17.0 Å². The lowest BCUT2D eigenvalue weighted by atomic mass is 9.97. The molecule has 2 fully saturated rings. The quantitative estimate of drug-likeness (QED) is 0.572. The SMILES string of the molecule is O=C1CC(N(CCC2=CCCCC2)C(=O)C2CC2)C(=O)N1c1ccccc1. The van der Waals surface area contributed by atoms with Crippen LogP contribution in [0.15, 0.2) is 42.0 Å². The van der Waals surface area contributed by atoms with E-state index >= 15 is 0 Å². The monoisotopic (exact) mass is 366 g/mol. The Morgan fingerprint density at radius 2 is 1.89 bits per heavy atom. The highest BCUT2D eigenvalue weighted by Gasteiger charge is 2.46. The summed E-state index contributed by atoms with van der Waals surface area (Å²) < 4.78 is 0. The van der Waals surface area contributed by atoms with E-state index in [-0.39, 0.29) is 30.1 Å². The highest BCUT2D eigenvalue weighted by Crippen LogP contribution is 2.34. The Bertz CT molecular complexity index is 767. The number of allylic oxidation sites excluding steroid dienone is 1. The fraction of sp³-hybridized carbons (Fsp3) is 0.500. The smallest absolute Gasteiger partial charge is 0.257 e. The van der Waals surface area contributed by atoms with Gasteiger partial charge in [0, 0.05) is 12.5 Å². The van der Waals surface area contributed by atoms with Crippen molar-refractivity contribution in [3.63, 3.8) is 0 Å². The molecule has 0 radical (unpaired) electrons. The van der Waals surface area contributed by atoms with Crippen LogP contribution < -0.4 is 4.90 Å². The Balaban J connectivity index is 1.52. The van der Waals surface area contributed by atoms with Gasteiger partial charge in [0.2, 0.25) is 11.8 Å². The molecule has 4 rings (SSSR count). The first-order chi connectivity index (χ1) is 13.1. The minimum absolute atomic E-state index is 0.0408. The van der Waals surface area contributed by atoms with Gasteiger partial charge < -0.3 is 4.90 Å². The Kier molecular flexibility index (Phi) is 5.10. The average Bonchev–Trinajstić information content (AvgIpc) is 3.50. The predicted octanol–water partition coefficient (Wildman–Crippen LogP) is 3.45. The summed E-state index contributed by atoms with van der Waals surface area (Å²) in [5, 5.41) is 0. The van der Waals surface area contributed by atoms with E-state index in [0.29, 0.717) is 12.2 Å². The zero-order chi connectivity index (χ0) is 18.8. The zero-order valence-electron chi connectivity index (χ0n) is 15.6. The number of amides is 3. The molecular formula is C22H26N2O3. The van der Waals surface area contributed by atoms with E-state index in [1.807, 2.05) is 18.2 Å². The molecule has 1 unspecified atom stereocenters. The fourth-order valence-corrected chi connectivity index (χ4v) is 4.09. The van der Waals surface area contributed by atoms with Crippen molar-refractivity contribution in [3.8, 4) is 0 Å². The molecule has 0 bridgehead atoms. The van der Waals surface area contributed by atoms with Gasteiger partial charge in [0.15, 0.2) is 0 Å². The molecule has 3 amide bonds. The molecule has 27 heavy (non-hydrogen) atoms. The maximum absolute atomic E-state index is 13.1. The maximum Gasteiger partial charge on any atom is 0.257 e. The summed E-state index contributed by atoms with van der Waals surface area (Å²) >= 11 is 0. The lowest BCUT2D eigenvalue weighted by Crippen LogP contribution is -2.46. The second-order valence-electron chi connectivity index (χ2n) is 7.79. The van der Waals surface area contributed by atoms with Crippen molar-refractivity contribution in [3.05, 3.63) is 42.0 Å². The summed E-state index contributed by atoms with van der Waals surface area (Å²) in [6, 6.07) is 8.34. The van der Waals surface area contributed by atoms with Gasteiger partial charge in [-0.05, 0) is 57.1 Å². The van der Waals surface area contributed by atoms with Crippen molar-refractivity contribution in [1.29, 1.82) is 0 Å². The van der Waals surface area contributed by atoms with E-state index in [1.165, 1.54) is 23.3 Å². The van der Waals surface area contributed by atoms with Crippen LogP contribution in [0.25, 0.3) is 0 Å². The van der Waals surface area contributed by atoms with E-state index in [4.69, 9.17) is 0 Å². The molecule has 1 aliphatic heterocycles. The number of benzene rings is 1. The molecule has 1 saturated carbocycles. The normalized spacial score (nSPS) is 22.7. The molecule has 1 aromatic carbocycles. The summed E-state index contributed by atoms with van der Waals surface area (Å²) in [7, 11) is 0. The molecule has 0 N–H and O–H groups in total. The number of para-hydroxylation sites is 1. The van der Waals surface area contributed by atoms with Crippen molar-refractivity contribution >= 4 is 23.4 Å². The lowest BCUT2D eigenvalue weighted by molar-refractivity contribution is -0.139. The number of anilines is 1. The third-order valence-corrected chi connectivity index (χ3v) is 5.78.